The number of carbonyl (C=O) groups is 2. The maximum absolute atomic E-state index is 12.7. The van der Waals surface area contributed by atoms with Crippen molar-refractivity contribution in [2.45, 2.75) is 31.3 Å². The third-order valence-corrected chi connectivity index (χ3v) is 4.40. The molecule has 4 heteroatoms. The van der Waals surface area contributed by atoms with Crippen molar-refractivity contribution in [2.75, 3.05) is 0 Å². The molecule has 2 atom stereocenters. The molecule has 3 rings (SSSR count). The largest absolute Gasteiger partial charge is 0.327 e. The molecule has 0 bridgehead atoms. The van der Waals surface area contributed by atoms with Gasteiger partial charge in [0.2, 0.25) is 5.91 Å². The van der Waals surface area contributed by atoms with E-state index in [9.17, 15) is 9.59 Å². The highest BCUT2D eigenvalue weighted by Gasteiger charge is 2.38. The molecule has 2 aromatic carbocycles. The Kier molecular flexibility index (Phi) is 4.72. The fourth-order valence-corrected chi connectivity index (χ4v) is 3.34. The van der Waals surface area contributed by atoms with Gasteiger partial charge < -0.3 is 4.90 Å². The Balaban J connectivity index is 2.05. The first-order valence-corrected chi connectivity index (χ1v) is 8.00. The summed E-state index contributed by atoms with van der Waals surface area (Å²) in [4.78, 5) is 26.7. The monoisotopic (exact) mass is 318 g/mol. The third kappa shape index (κ3) is 3.21. The normalized spacial score (nSPS) is 20.5. The number of ketones is 1. The lowest BCUT2D eigenvalue weighted by atomic mass is 9.86. The van der Waals surface area contributed by atoms with Gasteiger partial charge in [0.05, 0.1) is 18.2 Å². The van der Waals surface area contributed by atoms with Crippen molar-refractivity contribution in [1.82, 2.24) is 4.90 Å². The summed E-state index contributed by atoms with van der Waals surface area (Å²) in [5.74, 6) is -0.0913. The Morgan fingerprint density at radius 1 is 0.958 bits per heavy atom. The van der Waals surface area contributed by atoms with Gasteiger partial charge >= 0.3 is 0 Å². The summed E-state index contributed by atoms with van der Waals surface area (Å²) in [7, 11) is 0. The molecule has 0 aliphatic carbocycles. The number of hydrogen-bond donors (Lipinski definition) is 0. The van der Waals surface area contributed by atoms with Crippen LogP contribution in [0.1, 0.15) is 42.5 Å². The van der Waals surface area contributed by atoms with Crippen LogP contribution in [-0.4, -0.2) is 16.6 Å². The highest BCUT2D eigenvalue weighted by Crippen LogP contribution is 2.40. The van der Waals surface area contributed by atoms with Gasteiger partial charge in [-0.05, 0) is 11.1 Å². The fraction of sp³-hybridized carbons (Fsp3) is 0.250. The van der Waals surface area contributed by atoms with Gasteiger partial charge in [0.15, 0.2) is 0 Å². The highest BCUT2D eigenvalue weighted by atomic mass is 16.2. The molecule has 1 fully saturated rings. The number of amides is 1. The zero-order chi connectivity index (χ0) is 16.9. The number of hydrogen-bond acceptors (Lipinski definition) is 3. The Labute approximate surface area is 141 Å². The topological polar surface area (TPSA) is 61.2 Å². The van der Waals surface area contributed by atoms with E-state index in [2.05, 4.69) is 0 Å². The molecule has 24 heavy (non-hydrogen) atoms. The van der Waals surface area contributed by atoms with Gasteiger partial charge in [-0.25, -0.2) is 0 Å². The molecule has 120 valence electrons. The highest BCUT2D eigenvalue weighted by molar-refractivity contribution is 5.86. The number of rotatable bonds is 3. The lowest BCUT2D eigenvalue weighted by Crippen LogP contribution is -2.43. The molecule has 1 saturated heterocycles. The Morgan fingerprint density at radius 2 is 1.42 bits per heavy atom. The minimum absolute atomic E-state index is 0.138. The standard InChI is InChI=1S/C20H18N2O2/c21-12-11-20(24)22-18(15-7-3-1-4-8-15)13-17(23)14-19(22)16-9-5-2-6-10-16/h1-10,18-19H,11,13-14H2/t18-,19+. The Hall–Kier alpha value is -2.93. The summed E-state index contributed by atoms with van der Waals surface area (Å²) in [6, 6.07) is 20.4. The zero-order valence-electron chi connectivity index (χ0n) is 13.3. The molecular weight excluding hydrogens is 300 g/mol. The van der Waals surface area contributed by atoms with Crippen LogP contribution in [0.5, 0.6) is 0 Å². The fourth-order valence-electron chi connectivity index (χ4n) is 3.34. The van der Waals surface area contributed by atoms with Gasteiger partial charge in [-0.2, -0.15) is 5.26 Å². The van der Waals surface area contributed by atoms with Crippen LogP contribution in [0.4, 0.5) is 0 Å². The minimum Gasteiger partial charge on any atom is -0.327 e. The predicted octanol–water partition coefficient (Wildman–Crippen LogP) is 3.57. The maximum Gasteiger partial charge on any atom is 0.237 e. The van der Waals surface area contributed by atoms with E-state index in [0.29, 0.717) is 12.8 Å². The number of Topliss-reactive ketones (excluding diaryl/α,β-unsaturated/α-hetero) is 1. The van der Waals surface area contributed by atoms with E-state index in [1.165, 1.54) is 0 Å². The summed E-state index contributed by atoms with van der Waals surface area (Å²) in [5.41, 5.74) is 1.86. The van der Waals surface area contributed by atoms with Gasteiger partial charge in [0, 0.05) is 12.8 Å². The van der Waals surface area contributed by atoms with Crippen LogP contribution in [0.2, 0.25) is 0 Å². The summed E-state index contributed by atoms with van der Waals surface area (Å²) < 4.78 is 0. The van der Waals surface area contributed by atoms with Gasteiger partial charge in [0.1, 0.15) is 12.2 Å². The number of carbonyl (C=O) groups excluding carboxylic acids is 2. The van der Waals surface area contributed by atoms with Crippen molar-refractivity contribution in [2.24, 2.45) is 0 Å². The molecule has 1 aliphatic rings. The molecule has 0 aromatic heterocycles. The second-order valence-electron chi connectivity index (χ2n) is 5.94. The first-order chi connectivity index (χ1) is 11.7. The van der Waals surface area contributed by atoms with E-state index in [1.807, 2.05) is 66.7 Å². The van der Waals surface area contributed by atoms with Gasteiger partial charge in [-0.15, -0.1) is 0 Å². The van der Waals surface area contributed by atoms with Crippen molar-refractivity contribution in [3.05, 3.63) is 71.8 Å². The first-order valence-electron chi connectivity index (χ1n) is 8.00. The number of nitrogens with zero attached hydrogens (tertiary/aromatic N) is 2. The van der Waals surface area contributed by atoms with Crippen LogP contribution in [0.25, 0.3) is 0 Å². The van der Waals surface area contributed by atoms with Crippen LogP contribution in [0, 0.1) is 11.3 Å². The van der Waals surface area contributed by atoms with Crippen LogP contribution in [-0.2, 0) is 9.59 Å². The molecule has 4 nitrogen and oxygen atoms in total. The van der Waals surface area contributed by atoms with Crippen LogP contribution in [0.15, 0.2) is 60.7 Å². The molecule has 0 radical (unpaired) electrons. The van der Waals surface area contributed by atoms with E-state index in [0.717, 1.165) is 11.1 Å². The molecule has 1 heterocycles. The third-order valence-electron chi connectivity index (χ3n) is 4.40. The zero-order valence-corrected chi connectivity index (χ0v) is 13.3. The molecule has 1 aliphatic heterocycles. The van der Waals surface area contributed by atoms with Gasteiger partial charge in [-0.1, -0.05) is 60.7 Å². The second-order valence-corrected chi connectivity index (χ2v) is 5.94. The van der Waals surface area contributed by atoms with E-state index < -0.39 is 0 Å². The van der Waals surface area contributed by atoms with Gasteiger partial charge in [0.25, 0.3) is 0 Å². The smallest absolute Gasteiger partial charge is 0.237 e. The van der Waals surface area contributed by atoms with Crippen molar-refractivity contribution in [1.29, 1.82) is 5.26 Å². The van der Waals surface area contributed by atoms with E-state index in [4.69, 9.17) is 5.26 Å². The maximum atomic E-state index is 12.7. The summed E-state index contributed by atoms with van der Waals surface area (Å²) in [6.07, 6.45) is 0.413. The number of likely N-dealkylation sites (tertiary alicyclic amines) is 1. The summed E-state index contributed by atoms with van der Waals surface area (Å²) in [6.45, 7) is 0. The van der Waals surface area contributed by atoms with E-state index >= 15 is 0 Å². The Morgan fingerprint density at radius 3 is 1.83 bits per heavy atom. The van der Waals surface area contributed by atoms with Crippen molar-refractivity contribution in [3.63, 3.8) is 0 Å². The van der Waals surface area contributed by atoms with E-state index in [-0.39, 0.29) is 30.2 Å². The van der Waals surface area contributed by atoms with E-state index in [1.54, 1.807) is 4.90 Å². The number of piperidine rings is 1. The Bertz CT molecular complexity index is 714. The van der Waals surface area contributed by atoms with Gasteiger partial charge in [-0.3, -0.25) is 9.59 Å². The molecule has 2 aromatic rings. The van der Waals surface area contributed by atoms with Crippen molar-refractivity contribution < 1.29 is 9.59 Å². The quantitative estimate of drug-likeness (QED) is 0.869. The number of benzene rings is 2. The van der Waals surface area contributed by atoms with Crippen LogP contribution < -0.4 is 0 Å². The van der Waals surface area contributed by atoms with Crippen molar-refractivity contribution in [3.8, 4) is 6.07 Å². The SMILES string of the molecule is N#CCC(=O)N1[C@@H](c2ccccc2)CC(=O)C[C@H]1c1ccccc1. The lowest BCUT2D eigenvalue weighted by Gasteiger charge is -2.42. The first kappa shape index (κ1) is 15.9. The van der Waals surface area contributed by atoms with Crippen LogP contribution >= 0.6 is 0 Å². The van der Waals surface area contributed by atoms with Crippen molar-refractivity contribution >= 4 is 11.7 Å². The lowest BCUT2D eigenvalue weighted by molar-refractivity contribution is -0.141. The predicted molar refractivity (Wildman–Crippen MR) is 89.7 cm³/mol. The molecule has 0 spiro atoms. The molecular formula is C20H18N2O2. The summed E-state index contributed by atoms with van der Waals surface area (Å²) >= 11 is 0. The number of nitriles is 1. The molecule has 0 unspecified atom stereocenters. The van der Waals surface area contributed by atoms with Crippen LogP contribution in [0.3, 0.4) is 0 Å². The molecule has 0 N–H and O–H groups in total. The average Bonchev–Trinajstić information content (AvgIpc) is 2.62. The minimum atomic E-state index is -0.321. The summed E-state index contributed by atoms with van der Waals surface area (Å²) in [5, 5.41) is 8.97. The molecule has 0 saturated carbocycles. The molecule has 1 amide bonds. The second kappa shape index (κ2) is 7.10. The average molecular weight is 318 g/mol.